The summed E-state index contributed by atoms with van der Waals surface area (Å²) in [5.74, 6) is -5.66. The molecule has 0 radical (unpaired) electrons. The van der Waals surface area contributed by atoms with Gasteiger partial charge in [0.2, 0.25) is 5.91 Å². The van der Waals surface area contributed by atoms with E-state index in [1.54, 1.807) is 0 Å². The molecular weight excluding hydrogens is 469 g/mol. The summed E-state index contributed by atoms with van der Waals surface area (Å²) < 4.78 is 42.5. The van der Waals surface area contributed by atoms with Crippen LogP contribution in [0.2, 0.25) is 0 Å². The van der Waals surface area contributed by atoms with Crippen LogP contribution in [0.1, 0.15) is 6.42 Å². The van der Waals surface area contributed by atoms with Gasteiger partial charge in [0.05, 0.1) is 22.9 Å². The van der Waals surface area contributed by atoms with Crippen LogP contribution in [0.3, 0.4) is 0 Å². The minimum absolute atomic E-state index is 0.00448. The molecule has 1 N–H and O–H groups in total. The second kappa shape index (κ2) is 9.53. The first-order valence-electron chi connectivity index (χ1n) is 8.89. The minimum atomic E-state index is -1.63. The van der Waals surface area contributed by atoms with Crippen LogP contribution in [0.5, 0.6) is 0 Å². The molecular formula is C19H15F3N4O4S2. The minimum Gasteiger partial charge on any atom is -0.302 e. The van der Waals surface area contributed by atoms with Gasteiger partial charge in [-0.2, -0.15) is 0 Å². The number of rotatable bonds is 7. The van der Waals surface area contributed by atoms with Crippen LogP contribution >= 0.6 is 23.1 Å². The zero-order chi connectivity index (χ0) is 23.6. The topological polar surface area (TPSA) is 103 Å². The van der Waals surface area contributed by atoms with Crippen molar-refractivity contribution in [2.75, 3.05) is 11.1 Å². The maximum atomic E-state index is 13.9. The molecule has 2 heterocycles. The normalized spacial score (nSPS) is 10.9. The Kier molecular flexibility index (Phi) is 6.99. The Morgan fingerprint density at radius 1 is 1.12 bits per heavy atom. The fourth-order valence-electron chi connectivity index (χ4n) is 2.58. The summed E-state index contributed by atoms with van der Waals surface area (Å²) in [5, 5.41) is 4.06. The van der Waals surface area contributed by atoms with Crippen molar-refractivity contribution in [1.82, 2.24) is 14.1 Å². The van der Waals surface area contributed by atoms with E-state index in [0.717, 1.165) is 39.8 Å². The lowest BCUT2D eigenvalue weighted by molar-refractivity contribution is -0.123. The number of thiazole rings is 1. The zero-order valence-electron chi connectivity index (χ0n) is 16.6. The number of Topliss-reactive ketones (excluding diaryl/α,β-unsaturated/α-hetero) is 1. The van der Waals surface area contributed by atoms with Crippen LogP contribution in [-0.2, 0) is 23.7 Å². The molecule has 2 aromatic heterocycles. The van der Waals surface area contributed by atoms with Crippen molar-refractivity contribution in [3.63, 3.8) is 0 Å². The number of thioether (sulfide) groups is 1. The van der Waals surface area contributed by atoms with Crippen LogP contribution in [0.15, 0.2) is 38.2 Å². The lowest BCUT2D eigenvalue weighted by atomic mass is 10.1. The number of nitrogens with zero attached hydrogens (tertiary/aromatic N) is 3. The Morgan fingerprint density at radius 3 is 2.56 bits per heavy atom. The number of anilines is 1. The Morgan fingerprint density at radius 2 is 1.84 bits per heavy atom. The number of hydrogen-bond donors (Lipinski definition) is 1. The van der Waals surface area contributed by atoms with Crippen LogP contribution in [0.25, 0.3) is 11.3 Å². The van der Waals surface area contributed by atoms with E-state index >= 15 is 0 Å². The molecule has 0 bridgehead atoms. The third kappa shape index (κ3) is 4.99. The van der Waals surface area contributed by atoms with Crippen molar-refractivity contribution < 1.29 is 22.8 Å². The maximum absolute atomic E-state index is 13.9. The summed E-state index contributed by atoms with van der Waals surface area (Å²) >= 11 is 1.86. The molecule has 0 unspecified atom stereocenters. The van der Waals surface area contributed by atoms with E-state index in [0.29, 0.717) is 0 Å². The fraction of sp³-hybridized carbons (Fsp3) is 0.211. The van der Waals surface area contributed by atoms with Gasteiger partial charge < -0.3 is 5.32 Å². The van der Waals surface area contributed by atoms with E-state index in [1.165, 1.54) is 30.1 Å². The van der Waals surface area contributed by atoms with Crippen LogP contribution in [-0.4, -0.2) is 31.6 Å². The summed E-state index contributed by atoms with van der Waals surface area (Å²) in [6, 6.07) is 3.01. The average molecular weight is 484 g/mol. The standard InChI is InChI=1S/C19H15F3N4O4S2/c1-25-14(29)6-15(26(2)19(25)30)31-7-9(27)5-13(28)24-18-23-12(8-32-18)10-3-4-11(20)17(22)16(10)21/h3-4,6,8H,5,7H2,1-2H3,(H,23,24,28). The highest BCUT2D eigenvalue weighted by Crippen LogP contribution is 2.29. The molecule has 3 aromatic rings. The highest BCUT2D eigenvalue weighted by atomic mass is 32.2. The number of carbonyl (C=O) groups excluding carboxylic acids is 2. The first-order chi connectivity index (χ1) is 15.1. The molecule has 0 saturated carbocycles. The first kappa shape index (κ1) is 23.5. The van der Waals surface area contributed by atoms with Gasteiger partial charge in [0.25, 0.3) is 5.56 Å². The van der Waals surface area contributed by atoms with E-state index in [2.05, 4.69) is 10.3 Å². The lowest BCUT2D eigenvalue weighted by Gasteiger charge is -2.08. The number of hydrogen-bond acceptors (Lipinski definition) is 7. The van der Waals surface area contributed by atoms with E-state index < -0.39 is 46.8 Å². The lowest BCUT2D eigenvalue weighted by Crippen LogP contribution is -2.37. The fourth-order valence-corrected chi connectivity index (χ4v) is 4.17. The van der Waals surface area contributed by atoms with Crippen molar-refractivity contribution in [3.8, 4) is 11.3 Å². The van der Waals surface area contributed by atoms with Crippen LogP contribution in [0.4, 0.5) is 18.3 Å². The number of nitrogens with one attached hydrogen (secondary N) is 1. The smallest absolute Gasteiger partial charge is 0.302 e. The van der Waals surface area contributed by atoms with Gasteiger partial charge >= 0.3 is 5.69 Å². The highest BCUT2D eigenvalue weighted by Gasteiger charge is 2.18. The summed E-state index contributed by atoms with van der Waals surface area (Å²) in [5.41, 5.74) is -1.33. The predicted molar refractivity (Wildman–Crippen MR) is 113 cm³/mol. The number of aromatic nitrogens is 3. The van der Waals surface area contributed by atoms with Crippen molar-refractivity contribution in [1.29, 1.82) is 0 Å². The molecule has 3 rings (SSSR count). The van der Waals surface area contributed by atoms with E-state index in [-0.39, 0.29) is 27.2 Å². The summed E-state index contributed by atoms with van der Waals surface area (Å²) in [6.45, 7) is 0. The van der Waals surface area contributed by atoms with Gasteiger partial charge in [0.15, 0.2) is 28.4 Å². The monoisotopic (exact) mass is 484 g/mol. The van der Waals surface area contributed by atoms with Gasteiger partial charge in [-0.05, 0) is 12.1 Å². The molecule has 0 aliphatic rings. The number of carbonyl (C=O) groups is 2. The van der Waals surface area contributed by atoms with Gasteiger partial charge in [0, 0.05) is 31.1 Å². The van der Waals surface area contributed by atoms with Crippen molar-refractivity contribution >= 4 is 39.9 Å². The Hall–Kier alpha value is -3.19. The van der Waals surface area contributed by atoms with E-state index in [4.69, 9.17) is 0 Å². The van der Waals surface area contributed by atoms with Gasteiger partial charge in [-0.25, -0.2) is 22.9 Å². The Labute approximate surface area is 186 Å². The Bertz CT molecular complexity index is 1330. The third-order valence-electron chi connectivity index (χ3n) is 4.28. The van der Waals surface area contributed by atoms with Gasteiger partial charge in [-0.15, -0.1) is 23.1 Å². The largest absolute Gasteiger partial charge is 0.331 e. The molecule has 0 atom stereocenters. The van der Waals surface area contributed by atoms with Gasteiger partial charge in [-0.1, -0.05) is 0 Å². The predicted octanol–water partition coefficient (Wildman–Crippen LogP) is 2.31. The summed E-state index contributed by atoms with van der Waals surface area (Å²) in [4.78, 5) is 51.8. The van der Waals surface area contributed by atoms with Crippen LogP contribution < -0.4 is 16.6 Å². The molecule has 168 valence electrons. The molecule has 1 aromatic carbocycles. The van der Waals surface area contributed by atoms with Gasteiger partial charge in [0.1, 0.15) is 0 Å². The molecule has 1 amide bonds. The zero-order valence-corrected chi connectivity index (χ0v) is 18.3. The molecule has 0 fully saturated rings. The molecule has 0 aliphatic heterocycles. The second-order valence-electron chi connectivity index (χ2n) is 6.53. The number of halogens is 3. The number of ketones is 1. The Balaban J connectivity index is 1.60. The molecule has 0 aliphatic carbocycles. The molecule has 8 nitrogen and oxygen atoms in total. The van der Waals surface area contributed by atoms with Crippen molar-refractivity contribution in [2.45, 2.75) is 11.4 Å². The molecule has 13 heteroatoms. The van der Waals surface area contributed by atoms with Crippen molar-refractivity contribution in [2.24, 2.45) is 14.1 Å². The molecule has 0 spiro atoms. The quantitative estimate of drug-likeness (QED) is 0.239. The van der Waals surface area contributed by atoms with E-state index in [9.17, 15) is 32.3 Å². The summed E-state index contributed by atoms with van der Waals surface area (Å²) in [6.07, 6.45) is -0.500. The van der Waals surface area contributed by atoms with Crippen LogP contribution in [0, 0.1) is 17.5 Å². The second-order valence-corrected chi connectivity index (χ2v) is 8.39. The molecule has 0 saturated heterocycles. The SMILES string of the molecule is Cn1c(SCC(=O)CC(=O)Nc2nc(-c3ccc(F)c(F)c3F)cs2)cc(=O)n(C)c1=O. The van der Waals surface area contributed by atoms with E-state index in [1.807, 2.05) is 0 Å². The molecule has 32 heavy (non-hydrogen) atoms. The third-order valence-corrected chi connectivity index (χ3v) is 6.19. The number of amides is 1. The average Bonchev–Trinajstić information content (AvgIpc) is 3.20. The highest BCUT2D eigenvalue weighted by molar-refractivity contribution is 7.99. The van der Waals surface area contributed by atoms with Gasteiger partial charge in [-0.3, -0.25) is 23.5 Å². The summed E-state index contributed by atoms with van der Waals surface area (Å²) in [7, 11) is 2.79. The first-order valence-corrected chi connectivity index (χ1v) is 10.8. The maximum Gasteiger partial charge on any atom is 0.331 e. The number of benzene rings is 1. The van der Waals surface area contributed by atoms with Crippen molar-refractivity contribution in [3.05, 3.63) is 61.9 Å².